The van der Waals surface area contributed by atoms with E-state index in [1.807, 2.05) is 30.3 Å². The molecule has 3 aromatic rings. The van der Waals surface area contributed by atoms with Crippen molar-refractivity contribution >= 4 is 29.3 Å². The smallest absolute Gasteiger partial charge is 0.335 e. The van der Waals surface area contributed by atoms with Crippen LogP contribution in [0.25, 0.3) is 5.69 Å². The summed E-state index contributed by atoms with van der Waals surface area (Å²) in [4.78, 5) is 27.3. The number of nitrogens with zero attached hydrogens (tertiary/aromatic N) is 3. The standard InChI is InChI=1S/C18H16N4O3S/c1-12-9-13(17(24)25)7-8-15(12)20-16(23)10-26-18-19-11-22(21-18)14-5-3-2-4-6-14/h2-9,11H,10H2,1H3,(H,20,23)(H,24,25). The minimum Gasteiger partial charge on any atom is -0.478 e. The monoisotopic (exact) mass is 368 g/mol. The molecule has 7 nitrogen and oxygen atoms in total. The fourth-order valence-electron chi connectivity index (χ4n) is 2.27. The predicted octanol–water partition coefficient (Wildman–Crippen LogP) is 3.00. The van der Waals surface area contributed by atoms with Crippen LogP contribution in [0.5, 0.6) is 0 Å². The first-order valence-electron chi connectivity index (χ1n) is 7.76. The van der Waals surface area contributed by atoms with Crippen LogP contribution >= 0.6 is 11.8 Å². The number of anilines is 1. The van der Waals surface area contributed by atoms with Gasteiger partial charge in [0.1, 0.15) is 6.33 Å². The van der Waals surface area contributed by atoms with Gasteiger partial charge in [0.25, 0.3) is 0 Å². The summed E-state index contributed by atoms with van der Waals surface area (Å²) < 4.78 is 1.65. The Balaban J connectivity index is 1.58. The van der Waals surface area contributed by atoms with Crippen LogP contribution in [-0.4, -0.2) is 37.5 Å². The molecule has 0 radical (unpaired) electrons. The Kier molecular flexibility index (Phi) is 5.33. The molecule has 0 aliphatic rings. The van der Waals surface area contributed by atoms with E-state index in [0.29, 0.717) is 16.4 Å². The average molecular weight is 368 g/mol. The largest absolute Gasteiger partial charge is 0.478 e. The highest BCUT2D eigenvalue weighted by Crippen LogP contribution is 2.18. The summed E-state index contributed by atoms with van der Waals surface area (Å²) in [5, 5.41) is 16.6. The Labute approximate surface area is 154 Å². The maximum Gasteiger partial charge on any atom is 0.335 e. The van der Waals surface area contributed by atoms with Gasteiger partial charge in [0, 0.05) is 5.69 Å². The van der Waals surface area contributed by atoms with Gasteiger partial charge in [0.05, 0.1) is 17.0 Å². The van der Waals surface area contributed by atoms with Gasteiger partial charge in [-0.15, -0.1) is 5.10 Å². The second kappa shape index (κ2) is 7.83. The number of aryl methyl sites for hydroxylation is 1. The molecule has 1 heterocycles. The van der Waals surface area contributed by atoms with Crippen molar-refractivity contribution in [1.82, 2.24) is 14.8 Å². The van der Waals surface area contributed by atoms with Crippen LogP contribution in [0.3, 0.4) is 0 Å². The second-order valence-corrected chi connectivity index (χ2v) is 6.42. The first-order valence-corrected chi connectivity index (χ1v) is 8.75. The molecule has 0 saturated carbocycles. The van der Waals surface area contributed by atoms with Gasteiger partial charge in [0.2, 0.25) is 11.1 Å². The first-order chi connectivity index (χ1) is 12.5. The van der Waals surface area contributed by atoms with E-state index in [1.54, 1.807) is 24.0 Å². The Morgan fingerprint density at radius 2 is 1.96 bits per heavy atom. The fourth-order valence-corrected chi connectivity index (χ4v) is 2.87. The second-order valence-electron chi connectivity index (χ2n) is 5.48. The lowest BCUT2D eigenvalue weighted by Gasteiger charge is -2.08. The van der Waals surface area contributed by atoms with E-state index < -0.39 is 5.97 Å². The summed E-state index contributed by atoms with van der Waals surface area (Å²) in [6.45, 7) is 1.75. The quantitative estimate of drug-likeness (QED) is 0.649. The number of aromatic carboxylic acids is 1. The van der Waals surface area contributed by atoms with E-state index in [1.165, 1.54) is 23.9 Å². The average Bonchev–Trinajstić information content (AvgIpc) is 3.11. The molecule has 132 valence electrons. The molecule has 26 heavy (non-hydrogen) atoms. The summed E-state index contributed by atoms with van der Waals surface area (Å²) in [5.74, 6) is -1.06. The SMILES string of the molecule is Cc1cc(C(=O)O)ccc1NC(=O)CSc1ncn(-c2ccccc2)n1. The Bertz CT molecular complexity index is 941. The van der Waals surface area contributed by atoms with Crippen LogP contribution in [0, 0.1) is 6.92 Å². The molecule has 0 saturated heterocycles. The van der Waals surface area contributed by atoms with Gasteiger partial charge in [-0.05, 0) is 42.8 Å². The number of carbonyl (C=O) groups is 2. The van der Waals surface area contributed by atoms with E-state index in [2.05, 4.69) is 15.4 Å². The molecule has 0 atom stereocenters. The third-order valence-corrected chi connectivity index (χ3v) is 4.42. The molecule has 0 bridgehead atoms. The minimum atomic E-state index is -0.999. The zero-order valence-corrected chi connectivity index (χ0v) is 14.7. The van der Waals surface area contributed by atoms with Crippen molar-refractivity contribution in [3.8, 4) is 5.69 Å². The number of benzene rings is 2. The van der Waals surface area contributed by atoms with Crippen LogP contribution in [0.2, 0.25) is 0 Å². The fraction of sp³-hybridized carbons (Fsp3) is 0.111. The molecule has 0 fully saturated rings. The number of carboxylic acid groups (broad SMARTS) is 1. The van der Waals surface area contributed by atoms with Crippen LogP contribution in [0.4, 0.5) is 5.69 Å². The summed E-state index contributed by atoms with van der Waals surface area (Å²) in [6, 6.07) is 14.1. The number of para-hydroxylation sites is 1. The van der Waals surface area contributed by atoms with Crippen LogP contribution in [0.1, 0.15) is 15.9 Å². The molecule has 8 heteroatoms. The van der Waals surface area contributed by atoms with Gasteiger partial charge < -0.3 is 10.4 Å². The van der Waals surface area contributed by atoms with E-state index >= 15 is 0 Å². The molecular formula is C18H16N4O3S. The summed E-state index contributed by atoms with van der Waals surface area (Å²) in [7, 11) is 0. The van der Waals surface area contributed by atoms with Crippen LogP contribution < -0.4 is 5.32 Å². The van der Waals surface area contributed by atoms with Gasteiger partial charge in [0.15, 0.2) is 0 Å². The lowest BCUT2D eigenvalue weighted by molar-refractivity contribution is -0.113. The molecule has 2 N–H and O–H groups in total. The highest BCUT2D eigenvalue weighted by molar-refractivity contribution is 7.99. The van der Waals surface area contributed by atoms with Crippen LogP contribution in [-0.2, 0) is 4.79 Å². The molecule has 3 rings (SSSR count). The third kappa shape index (κ3) is 4.28. The molecule has 1 amide bonds. The topological polar surface area (TPSA) is 97.1 Å². The van der Waals surface area contributed by atoms with E-state index in [0.717, 1.165) is 5.69 Å². The lowest BCUT2D eigenvalue weighted by Crippen LogP contribution is -2.15. The first kappa shape index (κ1) is 17.7. The van der Waals surface area contributed by atoms with E-state index in [4.69, 9.17) is 5.11 Å². The van der Waals surface area contributed by atoms with Gasteiger partial charge in [-0.3, -0.25) is 4.79 Å². The minimum absolute atomic E-state index is 0.152. The van der Waals surface area contributed by atoms with Crippen molar-refractivity contribution in [2.45, 2.75) is 12.1 Å². The number of hydrogen-bond donors (Lipinski definition) is 2. The van der Waals surface area contributed by atoms with Crippen molar-refractivity contribution in [2.75, 3.05) is 11.1 Å². The molecule has 0 spiro atoms. The van der Waals surface area contributed by atoms with Crippen molar-refractivity contribution in [3.63, 3.8) is 0 Å². The molecule has 0 aliphatic heterocycles. The number of nitrogens with one attached hydrogen (secondary N) is 1. The Morgan fingerprint density at radius 3 is 2.65 bits per heavy atom. The summed E-state index contributed by atoms with van der Waals surface area (Å²) in [5.41, 5.74) is 2.36. The number of rotatable bonds is 6. The van der Waals surface area contributed by atoms with Crippen molar-refractivity contribution in [3.05, 3.63) is 66.0 Å². The zero-order valence-electron chi connectivity index (χ0n) is 13.9. The Morgan fingerprint density at radius 1 is 1.19 bits per heavy atom. The van der Waals surface area contributed by atoms with Gasteiger partial charge >= 0.3 is 5.97 Å². The van der Waals surface area contributed by atoms with Crippen molar-refractivity contribution < 1.29 is 14.7 Å². The van der Waals surface area contributed by atoms with Gasteiger partial charge in [-0.2, -0.15) is 0 Å². The molecular weight excluding hydrogens is 352 g/mol. The number of aromatic nitrogens is 3. The third-order valence-electron chi connectivity index (χ3n) is 3.57. The van der Waals surface area contributed by atoms with E-state index in [-0.39, 0.29) is 17.2 Å². The van der Waals surface area contributed by atoms with Gasteiger partial charge in [-0.25, -0.2) is 14.5 Å². The molecule has 2 aromatic carbocycles. The predicted molar refractivity (Wildman–Crippen MR) is 98.9 cm³/mol. The maximum atomic E-state index is 12.1. The van der Waals surface area contributed by atoms with Crippen LogP contribution in [0.15, 0.2) is 60.0 Å². The van der Waals surface area contributed by atoms with Gasteiger partial charge in [-0.1, -0.05) is 30.0 Å². The number of carbonyl (C=O) groups excluding carboxylic acids is 1. The molecule has 1 aromatic heterocycles. The normalized spacial score (nSPS) is 10.5. The molecule has 0 aliphatic carbocycles. The van der Waals surface area contributed by atoms with Crippen molar-refractivity contribution in [1.29, 1.82) is 0 Å². The highest BCUT2D eigenvalue weighted by Gasteiger charge is 2.10. The summed E-state index contributed by atoms with van der Waals surface area (Å²) in [6.07, 6.45) is 1.60. The van der Waals surface area contributed by atoms with Crippen molar-refractivity contribution in [2.24, 2.45) is 0 Å². The number of thioether (sulfide) groups is 1. The number of hydrogen-bond acceptors (Lipinski definition) is 5. The highest BCUT2D eigenvalue weighted by atomic mass is 32.2. The number of amides is 1. The molecule has 0 unspecified atom stereocenters. The Hall–Kier alpha value is -3.13. The zero-order chi connectivity index (χ0) is 18.5. The van der Waals surface area contributed by atoms with E-state index in [9.17, 15) is 9.59 Å². The lowest BCUT2D eigenvalue weighted by atomic mass is 10.1. The maximum absolute atomic E-state index is 12.1. The summed E-state index contributed by atoms with van der Waals surface area (Å²) >= 11 is 1.23. The number of carboxylic acids is 1.